The van der Waals surface area contributed by atoms with Crippen molar-refractivity contribution in [2.45, 2.75) is 13.3 Å². The maximum absolute atomic E-state index is 12.0. The zero-order valence-electron chi connectivity index (χ0n) is 9.24. The average molecular weight is 311 g/mol. The molecule has 5 heteroatoms. The van der Waals surface area contributed by atoms with Crippen LogP contribution in [-0.4, -0.2) is 10.9 Å². The summed E-state index contributed by atoms with van der Waals surface area (Å²) in [4.78, 5) is 17.3. The molecule has 1 heterocycles. The molecule has 2 rings (SSSR count). The van der Waals surface area contributed by atoms with Crippen molar-refractivity contribution in [3.63, 3.8) is 0 Å². The van der Waals surface area contributed by atoms with E-state index in [1.807, 2.05) is 18.2 Å². The van der Waals surface area contributed by atoms with Crippen LogP contribution in [0.5, 0.6) is 0 Å². The lowest BCUT2D eigenvalue weighted by atomic mass is 10.2. The van der Waals surface area contributed by atoms with Gasteiger partial charge in [-0.1, -0.05) is 19.1 Å². The standard InChI is InChI=1S/C12H11BrN2OS/c1-2-8-7-14-12(17-8)15-11(16)9-5-3-4-6-10(9)13/h3-7H,2H2,1H3,(H,14,15,16). The summed E-state index contributed by atoms with van der Waals surface area (Å²) in [5.74, 6) is -0.144. The average Bonchev–Trinajstić information content (AvgIpc) is 2.77. The summed E-state index contributed by atoms with van der Waals surface area (Å²) < 4.78 is 0.782. The van der Waals surface area contributed by atoms with E-state index in [1.165, 1.54) is 11.3 Å². The summed E-state index contributed by atoms with van der Waals surface area (Å²) in [5.41, 5.74) is 0.612. The van der Waals surface area contributed by atoms with Crippen molar-refractivity contribution in [2.24, 2.45) is 0 Å². The summed E-state index contributed by atoms with van der Waals surface area (Å²) in [5, 5.41) is 3.43. The first kappa shape index (κ1) is 12.3. The third kappa shape index (κ3) is 2.92. The number of thiazole rings is 1. The molecule has 0 fully saturated rings. The Morgan fingerprint density at radius 1 is 1.47 bits per heavy atom. The number of carbonyl (C=O) groups is 1. The summed E-state index contributed by atoms with van der Waals surface area (Å²) in [7, 11) is 0. The van der Waals surface area contributed by atoms with Gasteiger partial charge in [0.15, 0.2) is 5.13 Å². The lowest BCUT2D eigenvalue weighted by Gasteiger charge is -2.03. The van der Waals surface area contributed by atoms with Crippen molar-refractivity contribution >= 4 is 38.3 Å². The topological polar surface area (TPSA) is 42.0 Å². The van der Waals surface area contributed by atoms with Crippen LogP contribution in [0.4, 0.5) is 5.13 Å². The Hall–Kier alpha value is -1.20. The molecule has 0 saturated carbocycles. The Morgan fingerprint density at radius 3 is 2.88 bits per heavy atom. The molecule has 88 valence electrons. The number of rotatable bonds is 3. The molecule has 0 aliphatic rings. The Balaban J connectivity index is 2.14. The Bertz CT molecular complexity index is 539. The second-order valence-electron chi connectivity index (χ2n) is 3.42. The third-order valence-electron chi connectivity index (χ3n) is 2.24. The molecule has 1 N–H and O–H groups in total. The third-order valence-corrected chi connectivity index (χ3v) is 3.99. The Morgan fingerprint density at radius 2 is 2.24 bits per heavy atom. The highest BCUT2D eigenvalue weighted by Crippen LogP contribution is 2.21. The Kier molecular flexibility index (Phi) is 3.91. The van der Waals surface area contributed by atoms with Crippen LogP contribution in [-0.2, 0) is 6.42 Å². The van der Waals surface area contributed by atoms with E-state index in [-0.39, 0.29) is 5.91 Å². The Labute approximate surface area is 112 Å². The van der Waals surface area contributed by atoms with Crippen LogP contribution in [0.2, 0.25) is 0 Å². The fraction of sp³-hybridized carbons (Fsp3) is 0.167. The van der Waals surface area contributed by atoms with Crippen LogP contribution in [0.3, 0.4) is 0 Å². The largest absolute Gasteiger partial charge is 0.298 e. The van der Waals surface area contributed by atoms with Crippen LogP contribution in [0.15, 0.2) is 34.9 Å². The number of benzene rings is 1. The van der Waals surface area contributed by atoms with Crippen LogP contribution in [0.1, 0.15) is 22.2 Å². The fourth-order valence-electron chi connectivity index (χ4n) is 1.34. The first-order valence-corrected chi connectivity index (χ1v) is 6.82. The highest BCUT2D eigenvalue weighted by molar-refractivity contribution is 9.10. The van der Waals surface area contributed by atoms with Crippen molar-refractivity contribution < 1.29 is 4.79 Å². The van der Waals surface area contributed by atoms with Crippen molar-refractivity contribution in [1.29, 1.82) is 0 Å². The first-order valence-electron chi connectivity index (χ1n) is 5.21. The van der Waals surface area contributed by atoms with E-state index in [2.05, 4.69) is 33.2 Å². The molecule has 1 aromatic carbocycles. The van der Waals surface area contributed by atoms with Crippen LogP contribution in [0.25, 0.3) is 0 Å². The number of aryl methyl sites for hydroxylation is 1. The molecule has 3 nitrogen and oxygen atoms in total. The molecule has 1 amide bonds. The number of anilines is 1. The molecule has 0 spiro atoms. The van der Waals surface area contributed by atoms with Gasteiger partial charge in [0, 0.05) is 15.5 Å². The van der Waals surface area contributed by atoms with Gasteiger partial charge in [-0.15, -0.1) is 11.3 Å². The second-order valence-corrected chi connectivity index (χ2v) is 5.39. The van der Waals surface area contributed by atoms with E-state index < -0.39 is 0 Å². The molecule has 1 aromatic heterocycles. The molecule has 0 saturated heterocycles. The van der Waals surface area contributed by atoms with E-state index in [9.17, 15) is 4.79 Å². The number of halogens is 1. The number of hydrogen-bond donors (Lipinski definition) is 1. The summed E-state index contributed by atoms with van der Waals surface area (Å²) in [6.45, 7) is 2.06. The highest BCUT2D eigenvalue weighted by atomic mass is 79.9. The normalized spacial score (nSPS) is 10.2. The quantitative estimate of drug-likeness (QED) is 0.938. The predicted molar refractivity (Wildman–Crippen MR) is 73.6 cm³/mol. The number of aromatic nitrogens is 1. The zero-order valence-corrected chi connectivity index (χ0v) is 11.6. The predicted octanol–water partition coefficient (Wildman–Crippen LogP) is 3.72. The molecule has 2 aromatic rings. The molecule has 17 heavy (non-hydrogen) atoms. The lowest BCUT2D eigenvalue weighted by molar-refractivity contribution is 0.102. The lowest BCUT2D eigenvalue weighted by Crippen LogP contribution is -2.12. The SMILES string of the molecule is CCc1cnc(NC(=O)c2ccccc2Br)s1. The van der Waals surface area contributed by atoms with Gasteiger partial charge >= 0.3 is 0 Å². The number of amides is 1. The maximum atomic E-state index is 12.0. The minimum atomic E-state index is -0.144. The van der Waals surface area contributed by atoms with Gasteiger partial charge in [0.2, 0.25) is 0 Å². The van der Waals surface area contributed by atoms with Crippen LogP contribution in [0, 0.1) is 0 Å². The number of nitrogens with one attached hydrogen (secondary N) is 1. The van der Waals surface area contributed by atoms with Gasteiger partial charge in [0.25, 0.3) is 5.91 Å². The van der Waals surface area contributed by atoms with Crippen molar-refractivity contribution in [3.05, 3.63) is 45.4 Å². The molecule has 0 aliphatic heterocycles. The van der Waals surface area contributed by atoms with E-state index >= 15 is 0 Å². The first-order chi connectivity index (χ1) is 8.20. The van der Waals surface area contributed by atoms with Gasteiger partial charge in [0.05, 0.1) is 5.56 Å². The van der Waals surface area contributed by atoms with E-state index in [1.54, 1.807) is 12.3 Å². The van der Waals surface area contributed by atoms with E-state index in [4.69, 9.17) is 0 Å². The number of nitrogens with zero attached hydrogens (tertiary/aromatic N) is 1. The summed E-state index contributed by atoms with van der Waals surface area (Å²) in [6.07, 6.45) is 2.73. The van der Waals surface area contributed by atoms with Gasteiger partial charge in [-0.2, -0.15) is 0 Å². The molecule has 0 aliphatic carbocycles. The molecule has 0 radical (unpaired) electrons. The van der Waals surface area contributed by atoms with Crippen molar-refractivity contribution in [2.75, 3.05) is 5.32 Å². The van der Waals surface area contributed by atoms with Crippen molar-refractivity contribution in [1.82, 2.24) is 4.98 Å². The molecular weight excluding hydrogens is 300 g/mol. The second kappa shape index (κ2) is 5.42. The van der Waals surface area contributed by atoms with Crippen LogP contribution >= 0.6 is 27.3 Å². The summed E-state index contributed by atoms with van der Waals surface area (Å²) in [6, 6.07) is 7.32. The number of carbonyl (C=O) groups excluding carboxylic acids is 1. The van der Waals surface area contributed by atoms with Gasteiger partial charge in [-0.05, 0) is 34.5 Å². The van der Waals surface area contributed by atoms with Crippen LogP contribution < -0.4 is 5.32 Å². The van der Waals surface area contributed by atoms with E-state index in [0.717, 1.165) is 15.8 Å². The maximum Gasteiger partial charge on any atom is 0.258 e. The summed E-state index contributed by atoms with van der Waals surface area (Å²) >= 11 is 4.85. The molecular formula is C12H11BrN2OS. The van der Waals surface area contributed by atoms with Gasteiger partial charge in [-0.25, -0.2) is 4.98 Å². The van der Waals surface area contributed by atoms with E-state index in [0.29, 0.717) is 10.7 Å². The fourth-order valence-corrected chi connectivity index (χ4v) is 2.55. The minimum absolute atomic E-state index is 0.144. The molecule has 0 bridgehead atoms. The molecule has 0 atom stereocenters. The van der Waals surface area contributed by atoms with Gasteiger partial charge < -0.3 is 0 Å². The monoisotopic (exact) mass is 310 g/mol. The highest BCUT2D eigenvalue weighted by Gasteiger charge is 2.11. The minimum Gasteiger partial charge on any atom is -0.298 e. The molecule has 0 unspecified atom stereocenters. The van der Waals surface area contributed by atoms with Crippen molar-refractivity contribution in [3.8, 4) is 0 Å². The van der Waals surface area contributed by atoms with Gasteiger partial charge in [0.1, 0.15) is 0 Å². The smallest absolute Gasteiger partial charge is 0.258 e. The zero-order chi connectivity index (χ0) is 12.3. The van der Waals surface area contributed by atoms with Gasteiger partial charge in [-0.3, -0.25) is 10.1 Å². The number of hydrogen-bond acceptors (Lipinski definition) is 3.